The summed E-state index contributed by atoms with van der Waals surface area (Å²) in [4.78, 5) is 32.4. The van der Waals surface area contributed by atoms with Gasteiger partial charge in [0.15, 0.2) is 0 Å². The second kappa shape index (κ2) is 8.29. The summed E-state index contributed by atoms with van der Waals surface area (Å²) >= 11 is 12.9. The van der Waals surface area contributed by atoms with E-state index in [1.165, 1.54) is 4.90 Å². The molecule has 2 amide bonds. The molecule has 0 saturated carbocycles. The molecule has 0 saturated heterocycles. The molecule has 174 valence electrons. The zero-order valence-corrected chi connectivity index (χ0v) is 20.5. The highest BCUT2D eigenvalue weighted by molar-refractivity contribution is 6.35. The van der Waals surface area contributed by atoms with Crippen LogP contribution < -0.4 is 5.32 Å². The number of carbonyl (C=O) groups is 2. The Morgan fingerprint density at radius 2 is 1.97 bits per heavy atom. The number of hydrogen-bond acceptors (Lipinski definition) is 5. The van der Waals surface area contributed by atoms with E-state index >= 15 is 0 Å². The average molecular weight is 496 g/mol. The highest BCUT2D eigenvalue weighted by Crippen LogP contribution is 2.49. The number of benzene rings is 2. The van der Waals surface area contributed by atoms with Crippen LogP contribution in [0, 0.1) is 0 Å². The van der Waals surface area contributed by atoms with Gasteiger partial charge in [0.2, 0.25) is 0 Å². The van der Waals surface area contributed by atoms with Crippen LogP contribution >= 0.6 is 23.2 Å². The first-order valence-corrected chi connectivity index (χ1v) is 11.8. The van der Waals surface area contributed by atoms with Crippen LogP contribution in [-0.2, 0) is 9.53 Å². The Labute approximate surface area is 207 Å². The Kier molecular flexibility index (Phi) is 5.53. The summed E-state index contributed by atoms with van der Waals surface area (Å²) < 4.78 is 5.52. The van der Waals surface area contributed by atoms with Gasteiger partial charge in [-0.15, -0.1) is 0 Å². The Hall–Kier alpha value is -3.09. The van der Waals surface area contributed by atoms with Crippen molar-refractivity contribution in [2.45, 2.75) is 38.7 Å². The first kappa shape index (κ1) is 22.7. The lowest BCUT2D eigenvalue weighted by Crippen LogP contribution is -2.47. The number of aromatic nitrogens is 1. The molecule has 3 aromatic rings. The zero-order chi connectivity index (χ0) is 24.2. The minimum Gasteiger partial charge on any atom is -0.443 e. The number of nitrogens with one attached hydrogen (secondary N) is 1. The molecule has 2 aliphatic rings. The van der Waals surface area contributed by atoms with Crippen molar-refractivity contribution < 1.29 is 14.3 Å². The molecule has 3 heterocycles. The summed E-state index contributed by atoms with van der Waals surface area (Å²) in [6.45, 7) is 5.55. The third-order valence-corrected chi connectivity index (χ3v) is 6.53. The predicted octanol–water partition coefficient (Wildman–Crippen LogP) is 6.52. The largest absolute Gasteiger partial charge is 0.443 e. The van der Waals surface area contributed by atoms with Gasteiger partial charge in [-0.2, -0.15) is 0 Å². The number of halogens is 2. The molecule has 8 heteroatoms. The molecule has 1 N–H and O–H groups in total. The molecule has 34 heavy (non-hydrogen) atoms. The number of nitrogens with zero attached hydrogens (tertiary/aromatic N) is 2. The van der Waals surface area contributed by atoms with Gasteiger partial charge >= 0.3 is 6.09 Å². The van der Waals surface area contributed by atoms with Crippen LogP contribution in [0.4, 0.5) is 10.5 Å². The van der Waals surface area contributed by atoms with E-state index in [1.807, 2.05) is 30.3 Å². The SMILES string of the molecule is CC(C)(C)OC(=O)N1CCC2=C(C1=O)C(c1ccc(Cl)cc1Cl)c1c(ccc3ncccc13)N2. The molecule has 0 bridgehead atoms. The van der Waals surface area contributed by atoms with Gasteiger partial charge in [0.1, 0.15) is 5.60 Å². The second-order valence-corrected chi connectivity index (χ2v) is 10.2. The maximum absolute atomic E-state index is 13.8. The van der Waals surface area contributed by atoms with Crippen LogP contribution in [0.5, 0.6) is 0 Å². The Morgan fingerprint density at radius 1 is 1.18 bits per heavy atom. The van der Waals surface area contributed by atoms with Crippen molar-refractivity contribution in [2.24, 2.45) is 0 Å². The van der Waals surface area contributed by atoms with Crippen LogP contribution in [0.2, 0.25) is 10.0 Å². The first-order chi connectivity index (χ1) is 16.1. The molecule has 5 rings (SSSR count). The average Bonchev–Trinajstić information content (AvgIpc) is 2.77. The summed E-state index contributed by atoms with van der Waals surface area (Å²) in [6, 6.07) is 13.0. The number of carbonyl (C=O) groups excluding carboxylic acids is 2. The van der Waals surface area contributed by atoms with Crippen LogP contribution in [0.25, 0.3) is 10.9 Å². The van der Waals surface area contributed by atoms with Crippen molar-refractivity contribution in [2.75, 3.05) is 11.9 Å². The number of anilines is 1. The number of imide groups is 1. The van der Waals surface area contributed by atoms with E-state index in [4.69, 9.17) is 27.9 Å². The molecule has 2 aromatic carbocycles. The quantitative estimate of drug-likeness (QED) is 0.415. The highest BCUT2D eigenvalue weighted by Gasteiger charge is 2.42. The monoisotopic (exact) mass is 495 g/mol. The molecule has 0 radical (unpaired) electrons. The van der Waals surface area contributed by atoms with Crippen LogP contribution in [-0.4, -0.2) is 34.0 Å². The van der Waals surface area contributed by atoms with Crippen molar-refractivity contribution >= 4 is 51.8 Å². The minimum atomic E-state index is -0.718. The summed E-state index contributed by atoms with van der Waals surface area (Å²) in [5.74, 6) is -0.910. The third kappa shape index (κ3) is 3.91. The smallest absolute Gasteiger partial charge is 0.417 e. The summed E-state index contributed by atoms with van der Waals surface area (Å²) in [6.07, 6.45) is 1.55. The lowest BCUT2D eigenvalue weighted by atomic mass is 9.77. The molecule has 6 nitrogen and oxygen atoms in total. The molecule has 2 aliphatic heterocycles. The fourth-order valence-electron chi connectivity index (χ4n) is 4.60. The van der Waals surface area contributed by atoms with Gasteiger partial charge in [-0.1, -0.05) is 35.3 Å². The Balaban J connectivity index is 1.71. The Morgan fingerprint density at radius 3 is 2.71 bits per heavy atom. The number of fused-ring (bicyclic) bond motifs is 3. The molecule has 1 atom stereocenters. The van der Waals surface area contributed by atoms with E-state index < -0.39 is 23.5 Å². The summed E-state index contributed by atoms with van der Waals surface area (Å²) in [5, 5.41) is 5.29. The van der Waals surface area contributed by atoms with Crippen LogP contribution in [0.3, 0.4) is 0 Å². The van der Waals surface area contributed by atoms with Crippen molar-refractivity contribution in [3.8, 4) is 0 Å². The molecule has 0 aliphatic carbocycles. The van der Waals surface area contributed by atoms with Gasteiger partial charge in [-0.05, 0) is 62.2 Å². The maximum atomic E-state index is 13.8. The van der Waals surface area contributed by atoms with E-state index in [9.17, 15) is 9.59 Å². The van der Waals surface area contributed by atoms with Crippen molar-refractivity contribution in [1.29, 1.82) is 0 Å². The van der Waals surface area contributed by atoms with Gasteiger partial charge in [0, 0.05) is 57.5 Å². The number of amides is 2. The Bertz CT molecular complexity index is 1380. The lowest BCUT2D eigenvalue weighted by molar-refractivity contribution is -0.127. The minimum absolute atomic E-state index is 0.227. The number of rotatable bonds is 1. The van der Waals surface area contributed by atoms with E-state index in [0.717, 1.165) is 33.4 Å². The van der Waals surface area contributed by atoms with Crippen LogP contribution in [0.15, 0.2) is 59.9 Å². The second-order valence-electron chi connectivity index (χ2n) is 9.40. The topological polar surface area (TPSA) is 71.5 Å². The molecule has 1 unspecified atom stereocenters. The lowest BCUT2D eigenvalue weighted by Gasteiger charge is -2.38. The van der Waals surface area contributed by atoms with E-state index in [0.29, 0.717) is 22.0 Å². The number of pyridine rings is 1. The van der Waals surface area contributed by atoms with Gasteiger partial charge in [-0.3, -0.25) is 9.78 Å². The predicted molar refractivity (Wildman–Crippen MR) is 133 cm³/mol. The van der Waals surface area contributed by atoms with E-state index in [2.05, 4.69) is 10.3 Å². The van der Waals surface area contributed by atoms with Crippen molar-refractivity contribution in [3.05, 3.63) is 81.1 Å². The van der Waals surface area contributed by atoms with Gasteiger partial charge in [0.05, 0.1) is 5.52 Å². The summed E-state index contributed by atoms with van der Waals surface area (Å²) in [7, 11) is 0. The summed E-state index contributed by atoms with van der Waals surface area (Å²) in [5.41, 5.74) is 3.83. The fourth-order valence-corrected chi connectivity index (χ4v) is 5.12. The number of ether oxygens (including phenoxy) is 1. The van der Waals surface area contributed by atoms with Crippen molar-refractivity contribution in [3.63, 3.8) is 0 Å². The molecule has 1 aromatic heterocycles. The first-order valence-electron chi connectivity index (χ1n) is 11.0. The molecule has 0 spiro atoms. The maximum Gasteiger partial charge on any atom is 0.417 e. The third-order valence-electron chi connectivity index (χ3n) is 5.96. The molecular formula is C26H23Cl2N3O3. The van der Waals surface area contributed by atoms with Crippen molar-refractivity contribution in [1.82, 2.24) is 9.88 Å². The fraction of sp³-hybridized carbons (Fsp3) is 0.269. The normalized spacial score (nSPS) is 17.9. The van der Waals surface area contributed by atoms with E-state index in [1.54, 1.807) is 39.1 Å². The van der Waals surface area contributed by atoms with E-state index in [-0.39, 0.29) is 6.54 Å². The van der Waals surface area contributed by atoms with Gasteiger partial charge in [-0.25, -0.2) is 9.69 Å². The zero-order valence-electron chi connectivity index (χ0n) is 19.0. The molecular weight excluding hydrogens is 473 g/mol. The van der Waals surface area contributed by atoms with Crippen LogP contribution in [0.1, 0.15) is 44.2 Å². The van der Waals surface area contributed by atoms with Gasteiger partial charge < -0.3 is 10.1 Å². The highest BCUT2D eigenvalue weighted by atomic mass is 35.5. The standard InChI is InChI=1S/C26H23Cl2N3O3/c1-26(2,3)34-25(33)31-12-10-20-23(24(31)32)22(15-7-6-14(27)13-17(15)28)21-16-5-4-11-29-18(16)8-9-19(21)30-20/h4-9,11,13,22,30H,10,12H2,1-3H3. The number of hydrogen-bond donors (Lipinski definition) is 1. The molecule has 0 fully saturated rings. The van der Waals surface area contributed by atoms with Gasteiger partial charge in [0.25, 0.3) is 5.91 Å².